The fourth-order valence-electron chi connectivity index (χ4n) is 5.20. The second kappa shape index (κ2) is 9.47. The van der Waals surface area contributed by atoms with Crippen molar-refractivity contribution in [2.24, 2.45) is 0 Å². The summed E-state index contributed by atoms with van der Waals surface area (Å²) >= 11 is 0. The van der Waals surface area contributed by atoms with Gasteiger partial charge in [0, 0.05) is 12.8 Å². The number of methoxy groups -OCH3 is 1. The molecule has 4 atom stereocenters. The molecule has 2 aliphatic heterocycles. The van der Waals surface area contributed by atoms with E-state index in [0.29, 0.717) is 6.61 Å². The molecule has 0 amide bonds. The van der Waals surface area contributed by atoms with Crippen LogP contribution in [0.1, 0.15) is 40.0 Å². The van der Waals surface area contributed by atoms with Crippen molar-refractivity contribution in [1.82, 2.24) is 0 Å². The molecule has 6 heteroatoms. The van der Waals surface area contributed by atoms with Gasteiger partial charge in [-0.3, -0.25) is 4.79 Å². The number of carbonyl (C=O) groups excluding carboxylic acids is 1. The summed E-state index contributed by atoms with van der Waals surface area (Å²) in [6, 6.07) is 21.3. The van der Waals surface area contributed by atoms with Gasteiger partial charge in [0.2, 0.25) is 0 Å². The summed E-state index contributed by atoms with van der Waals surface area (Å²) in [5.41, 5.74) is 0. The Labute approximate surface area is 192 Å². The van der Waals surface area contributed by atoms with Crippen LogP contribution in [-0.4, -0.2) is 52.4 Å². The molecule has 0 aromatic heterocycles. The van der Waals surface area contributed by atoms with E-state index in [4.69, 9.17) is 18.6 Å². The van der Waals surface area contributed by atoms with E-state index in [-0.39, 0.29) is 41.8 Å². The Balaban J connectivity index is 1.51. The molecule has 0 N–H and O–H groups in total. The maximum absolute atomic E-state index is 11.6. The molecular weight excluding hydrogens is 420 g/mol. The van der Waals surface area contributed by atoms with E-state index < -0.39 is 8.32 Å². The minimum absolute atomic E-state index is 0.00859. The van der Waals surface area contributed by atoms with Crippen molar-refractivity contribution in [3.63, 3.8) is 0 Å². The van der Waals surface area contributed by atoms with Crippen molar-refractivity contribution >= 4 is 24.7 Å². The topological polar surface area (TPSA) is 54.0 Å². The number of rotatable bonds is 7. The number of hydrogen-bond acceptors (Lipinski definition) is 5. The molecule has 0 saturated carbocycles. The third kappa shape index (κ3) is 4.55. The molecule has 2 fully saturated rings. The lowest BCUT2D eigenvalue weighted by molar-refractivity contribution is -0.143. The second-order valence-electron chi connectivity index (χ2n) is 9.82. The molecule has 0 spiro atoms. The van der Waals surface area contributed by atoms with Crippen LogP contribution in [0.2, 0.25) is 5.04 Å². The molecule has 2 aliphatic rings. The van der Waals surface area contributed by atoms with Gasteiger partial charge in [-0.1, -0.05) is 81.4 Å². The Bertz CT molecular complexity index is 842. The summed E-state index contributed by atoms with van der Waals surface area (Å²) in [6.07, 6.45) is 1.74. The predicted octanol–water partition coefficient (Wildman–Crippen LogP) is 3.44. The second-order valence-corrected chi connectivity index (χ2v) is 14.1. The van der Waals surface area contributed by atoms with Crippen molar-refractivity contribution < 1.29 is 23.4 Å². The highest BCUT2D eigenvalue weighted by molar-refractivity contribution is 6.99. The normalized spacial score (nSPS) is 25.5. The van der Waals surface area contributed by atoms with Crippen molar-refractivity contribution in [1.29, 1.82) is 0 Å². The van der Waals surface area contributed by atoms with Gasteiger partial charge in [-0.25, -0.2) is 0 Å². The van der Waals surface area contributed by atoms with Gasteiger partial charge in [0.25, 0.3) is 8.32 Å². The van der Waals surface area contributed by atoms with Gasteiger partial charge >= 0.3 is 5.97 Å². The average molecular weight is 455 g/mol. The van der Waals surface area contributed by atoms with E-state index in [1.165, 1.54) is 17.5 Å². The fourth-order valence-corrected chi connectivity index (χ4v) is 9.79. The number of carbonyl (C=O) groups is 1. The first kappa shape index (κ1) is 23.2. The first-order chi connectivity index (χ1) is 15.3. The number of esters is 1. The highest BCUT2D eigenvalue weighted by atomic mass is 28.4. The van der Waals surface area contributed by atoms with Crippen LogP contribution in [0.4, 0.5) is 0 Å². The van der Waals surface area contributed by atoms with Crippen LogP contribution in [0.25, 0.3) is 0 Å². The average Bonchev–Trinajstić information content (AvgIpc) is 3.32. The maximum atomic E-state index is 11.6. The zero-order chi connectivity index (χ0) is 22.8. The first-order valence-corrected chi connectivity index (χ1v) is 13.4. The lowest BCUT2D eigenvalue weighted by atomic mass is 10.1. The largest absolute Gasteiger partial charge is 0.469 e. The zero-order valence-electron chi connectivity index (χ0n) is 19.5. The molecule has 0 aliphatic carbocycles. The monoisotopic (exact) mass is 454 g/mol. The lowest BCUT2D eigenvalue weighted by Gasteiger charge is -2.43. The van der Waals surface area contributed by atoms with Crippen LogP contribution >= 0.6 is 0 Å². The Morgan fingerprint density at radius 2 is 1.41 bits per heavy atom. The van der Waals surface area contributed by atoms with Gasteiger partial charge in [-0.05, 0) is 15.4 Å². The van der Waals surface area contributed by atoms with E-state index >= 15 is 0 Å². The Morgan fingerprint density at radius 3 is 1.91 bits per heavy atom. The highest BCUT2D eigenvalue weighted by Crippen LogP contribution is 2.39. The molecular formula is C26H34O5Si. The van der Waals surface area contributed by atoms with Gasteiger partial charge in [-0.2, -0.15) is 0 Å². The summed E-state index contributed by atoms with van der Waals surface area (Å²) in [6.45, 7) is 7.38. The minimum atomic E-state index is -2.58. The smallest absolute Gasteiger partial charge is 0.308 e. The van der Waals surface area contributed by atoms with E-state index in [1.807, 2.05) is 0 Å². The van der Waals surface area contributed by atoms with E-state index in [0.717, 1.165) is 12.8 Å². The zero-order valence-corrected chi connectivity index (χ0v) is 20.5. The van der Waals surface area contributed by atoms with Crippen molar-refractivity contribution in [3.05, 3.63) is 60.7 Å². The van der Waals surface area contributed by atoms with Gasteiger partial charge in [0.05, 0.1) is 44.6 Å². The van der Waals surface area contributed by atoms with Crippen LogP contribution in [0, 0.1) is 0 Å². The Hall–Kier alpha value is -1.99. The van der Waals surface area contributed by atoms with E-state index in [9.17, 15) is 4.79 Å². The fraction of sp³-hybridized carbons (Fsp3) is 0.500. The molecule has 4 rings (SSSR count). The summed E-state index contributed by atoms with van der Waals surface area (Å²) in [5, 5.41) is 2.48. The van der Waals surface area contributed by atoms with Crippen LogP contribution in [0.15, 0.2) is 60.7 Å². The molecule has 0 bridgehead atoms. The number of benzene rings is 2. The van der Waals surface area contributed by atoms with E-state index in [2.05, 4.69) is 81.4 Å². The van der Waals surface area contributed by atoms with Crippen LogP contribution in [0.5, 0.6) is 0 Å². The van der Waals surface area contributed by atoms with Crippen LogP contribution in [0.3, 0.4) is 0 Å². The molecule has 2 saturated heterocycles. The van der Waals surface area contributed by atoms with Crippen LogP contribution < -0.4 is 10.4 Å². The quantitative estimate of drug-likeness (QED) is 0.474. The molecule has 32 heavy (non-hydrogen) atoms. The lowest BCUT2D eigenvalue weighted by Crippen LogP contribution is -2.67. The SMILES string of the molecule is COC(=O)C[C@H]1C[C@@H]2O[C@H](CO[Si](c3ccccc3)(c3ccccc3)C(C)(C)C)C[C@@H]2O1. The summed E-state index contributed by atoms with van der Waals surface area (Å²) < 4.78 is 24.2. The predicted molar refractivity (Wildman–Crippen MR) is 127 cm³/mol. The maximum Gasteiger partial charge on any atom is 0.308 e. The van der Waals surface area contributed by atoms with Gasteiger partial charge in [-0.15, -0.1) is 0 Å². The van der Waals surface area contributed by atoms with Gasteiger partial charge < -0.3 is 18.6 Å². The van der Waals surface area contributed by atoms with Crippen LogP contribution in [-0.2, 0) is 23.4 Å². The highest BCUT2D eigenvalue weighted by Gasteiger charge is 2.51. The Kier molecular flexibility index (Phi) is 6.86. The molecule has 172 valence electrons. The number of fused-ring (bicyclic) bond motifs is 1. The van der Waals surface area contributed by atoms with Gasteiger partial charge in [0.1, 0.15) is 0 Å². The number of ether oxygens (including phenoxy) is 3. The summed E-state index contributed by atoms with van der Waals surface area (Å²) in [7, 11) is -1.17. The molecule has 0 unspecified atom stereocenters. The summed E-state index contributed by atoms with van der Waals surface area (Å²) in [4.78, 5) is 11.6. The minimum Gasteiger partial charge on any atom is -0.469 e. The summed E-state index contributed by atoms with van der Waals surface area (Å²) in [5.74, 6) is -0.235. The molecule has 0 radical (unpaired) electrons. The third-order valence-corrected chi connectivity index (χ3v) is 11.7. The first-order valence-electron chi connectivity index (χ1n) is 11.5. The van der Waals surface area contributed by atoms with Crippen molar-refractivity contribution in [2.75, 3.05) is 13.7 Å². The van der Waals surface area contributed by atoms with Crippen molar-refractivity contribution in [3.8, 4) is 0 Å². The Morgan fingerprint density at radius 1 is 0.906 bits per heavy atom. The number of hydrogen-bond donors (Lipinski definition) is 0. The molecule has 2 aromatic rings. The molecule has 5 nitrogen and oxygen atoms in total. The van der Waals surface area contributed by atoms with E-state index in [1.54, 1.807) is 0 Å². The molecule has 2 aromatic carbocycles. The van der Waals surface area contributed by atoms with Gasteiger partial charge in [0.15, 0.2) is 0 Å². The molecule has 2 heterocycles. The third-order valence-electron chi connectivity index (χ3n) is 6.66. The standard InChI is InChI=1S/C26H34O5Si/c1-26(2,3)32(21-11-7-5-8-12-21,22-13-9-6-10-14-22)29-18-20-16-24-23(31-20)15-19(30-24)17-25(27)28-4/h5-14,19-20,23-24H,15-18H2,1-4H3/t19-,20+,23+,24+/m1/s1. The van der Waals surface area contributed by atoms with Crippen molar-refractivity contribution in [2.45, 2.75) is 69.5 Å².